The first-order valence-corrected chi connectivity index (χ1v) is 9.05. The van der Waals surface area contributed by atoms with Crippen molar-refractivity contribution in [2.24, 2.45) is 11.1 Å². The summed E-state index contributed by atoms with van der Waals surface area (Å²) in [5.74, 6) is 0. The van der Waals surface area contributed by atoms with Crippen LogP contribution in [0.3, 0.4) is 0 Å². The molecule has 0 aliphatic heterocycles. The van der Waals surface area contributed by atoms with Crippen molar-refractivity contribution in [3.63, 3.8) is 0 Å². The van der Waals surface area contributed by atoms with Gasteiger partial charge in [0, 0.05) is 6.20 Å². The maximum Gasteiger partial charge on any atom is 0.0630 e. The van der Waals surface area contributed by atoms with Gasteiger partial charge >= 0.3 is 0 Å². The Labute approximate surface area is 129 Å². The van der Waals surface area contributed by atoms with Gasteiger partial charge in [-0.05, 0) is 50.1 Å². The fourth-order valence-electron chi connectivity index (χ4n) is 4.34. The average molecular weight is 289 g/mol. The van der Waals surface area contributed by atoms with Crippen molar-refractivity contribution < 1.29 is 0 Å². The van der Waals surface area contributed by atoms with Gasteiger partial charge in [-0.3, -0.25) is 4.68 Å². The predicted molar refractivity (Wildman–Crippen MR) is 87.2 cm³/mol. The van der Waals surface area contributed by atoms with Gasteiger partial charge in [-0.1, -0.05) is 44.9 Å². The van der Waals surface area contributed by atoms with Crippen molar-refractivity contribution >= 4 is 0 Å². The molecular formula is C18H31N3. The summed E-state index contributed by atoms with van der Waals surface area (Å²) in [6.07, 6.45) is 18.1. The minimum Gasteiger partial charge on any atom is -0.330 e. The fraction of sp³-hybridized carbons (Fsp3) is 0.833. The zero-order chi connectivity index (χ0) is 14.5. The summed E-state index contributed by atoms with van der Waals surface area (Å²) in [6.45, 7) is 0.823. The van der Waals surface area contributed by atoms with E-state index in [4.69, 9.17) is 10.8 Å². The van der Waals surface area contributed by atoms with Crippen molar-refractivity contribution in [2.45, 2.75) is 83.1 Å². The second kappa shape index (κ2) is 6.95. The normalized spacial score (nSPS) is 23.9. The molecule has 1 aromatic rings. The summed E-state index contributed by atoms with van der Waals surface area (Å²) < 4.78 is 2.23. The van der Waals surface area contributed by atoms with E-state index in [9.17, 15) is 0 Å². The van der Waals surface area contributed by atoms with Gasteiger partial charge in [-0.25, -0.2) is 0 Å². The van der Waals surface area contributed by atoms with E-state index in [0.717, 1.165) is 13.0 Å². The highest BCUT2D eigenvalue weighted by molar-refractivity contribution is 5.05. The largest absolute Gasteiger partial charge is 0.330 e. The molecule has 1 heterocycles. The Hall–Kier alpha value is -0.830. The zero-order valence-electron chi connectivity index (χ0n) is 13.4. The first-order chi connectivity index (χ1) is 10.3. The number of aromatic nitrogens is 2. The van der Waals surface area contributed by atoms with E-state index in [0.29, 0.717) is 11.5 Å². The molecule has 0 saturated heterocycles. The maximum absolute atomic E-state index is 6.20. The van der Waals surface area contributed by atoms with E-state index < -0.39 is 0 Å². The monoisotopic (exact) mass is 289 g/mol. The molecule has 0 amide bonds. The Balaban J connectivity index is 1.67. The highest BCUT2D eigenvalue weighted by Crippen LogP contribution is 2.36. The molecular weight excluding hydrogens is 258 g/mol. The van der Waals surface area contributed by atoms with Gasteiger partial charge in [0.2, 0.25) is 0 Å². The van der Waals surface area contributed by atoms with Gasteiger partial charge in [0.05, 0.1) is 11.7 Å². The minimum atomic E-state index is 0.315. The first kappa shape index (κ1) is 15.1. The van der Waals surface area contributed by atoms with E-state index in [1.807, 2.05) is 0 Å². The van der Waals surface area contributed by atoms with Crippen molar-refractivity contribution in [3.05, 3.63) is 18.0 Å². The summed E-state index contributed by atoms with van der Waals surface area (Å²) in [7, 11) is 0. The highest BCUT2D eigenvalue weighted by atomic mass is 15.3. The molecule has 1 aromatic heterocycles. The molecule has 0 radical (unpaired) electrons. The Morgan fingerprint density at radius 1 is 1.05 bits per heavy atom. The number of nitrogens with two attached hydrogens (primary N) is 1. The molecule has 2 saturated carbocycles. The van der Waals surface area contributed by atoms with Gasteiger partial charge in [0.1, 0.15) is 0 Å². The molecule has 2 N–H and O–H groups in total. The minimum absolute atomic E-state index is 0.315. The third-order valence-corrected chi connectivity index (χ3v) is 5.77. The van der Waals surface area contributed by atoms with Crippen LogP contribution in [-0.4, -0.2) is 16.3 Å². The summed E-state index contributed by atoms with van der Waals surface area (Å²) in [4.78, 5) is 0. The lowest BCUT2D eigenvalue weighted by atomic mass is 9.73. The quantitative estimate of drug-likeness (QED) is 0.901. The summed E-state index contributed by atoms with van der Waals surface area (Å²) >= 11 is 0. The zero-order valence-corrected chi connectivity index (χ0v) is 13.4. The molecule has 3 nitrogen and oxygen atoms in total. The van der Waals surface area contributed by atoms with Crippen LogP contribution in [0.15, 0.2) is 12.3 Å². The van der Waals surface area contributed by atoms with Crippen LogP contribution in [0.25, 0.3) is 0 Å². The van der Waals surface area contributed by atoms with E-state index >= 15 is 0 Å². The Bertz CT molecular complexity index is 423. The summed E-state index contributed by atoms with van der Waals surface area (Å²) in [5.41, 5.74) is 7.79. The van der Waals surface area contributed by atoms with E-state index in [1.54, 1.807) is 0 Å². The Morgan fingerprint density at radius 3 is 2.38 bits per heavy atom. The summed E-state index contributed by atoms with van der Waals surface area (Å²) in [5, 5.41) is 4.89. The van der Waals surface area contributed by atoms with Crippen LogP contribution in [0.4, 0.5) is 0 Å². The van der Waals surface area contributed by atoms with Gasteiger partial charge in [0.25, 0.3) is 0 Å². The smallest absolute Gasteiger partial charge is 0.0630 e. The highest BCUT2D eigenvalue weighted by Gasteiger charge is 2.30. The topological polar surface area (TPSA) is 43.8 Å². The van der Waals surface area contributed by atoms with Crippen LogP contribution in [0.2, 0.25) is 0 Å². The Kier molecular flexibility index (Phi) is 4.99. The van der Waals surface area contributed by atoms with Crippen molar-refractivity contribution in [2.75, 3.05) is 6.54 Å². The van der Waals surface area contributed by atoms with E-state index in [-0.39, 0.29) is 0 Å². The standard InChI is InChI=1S/C18H31N3/c19-15-18(11-6-2-1-3-7-12-18)14-16-10-13-21(20-16)17-8-4-5-9-17/h10,13,17H,1-9,11-12,14-15,19H2. The van der Waals surface area contributed by atoms with Crippen molar-refractivity contribution in [1.82, 2.24) is 9.78 Å². The molecule has 0 unspecified atom stereocenters. The molecule has 0 atom stereocenters. The number of rotatable bonds is 4. The van der Waals surface area contributed by atoms with Crippen LogP contribution in [-0.2, 0) is 6.42 Å². The summed E-state index contributed by atoms with van der Waals surface area (Å²) in [6, 6.07) is 2.90. The van der Waals surface area contributed by atoms with E-state index in [1.165, 1.54) is 76.3 Å². The van der Waals surface area contributed by atoms with Gasteiger partial charge in [-0.2, -0.15) is 5.10 Å². The third kappa shape index (κ3) is 3.68. The van der Waals surface area contributed by atoms with Gasteiger partial charge < -0.3 is 5.73 Å². The second-order valence-electron chi connectivity index (χ2n) is 7.37. The third-order valence-electron chi connectivity index (χ3n) is 5.77. The van der Waals surface area contributed by atoms with Crippen molar-refractivity contribution in [1.29, 1.82) is 0 Å². The number of hydrogen-bond donors (Lipinski definition) is 1. The molecule has 0 aromatic carbocycles. The molecule has 0 bridgehead atoms. The lowest BCUT2D eigenvalue weighted by Gasteiger charge is -2.34. The van der Waals surface area contributed by atoms with Crippen LogP contribution in [0, 0.1) is 5.41 Å². The molecule has 3 rings (SSSR count). The molecule has 2 aliphatic carbocycles. The molecule has 2 aliphatic rings. The lowest BCUT2D eigenvalue weighted by Crippen LogP contribution is -2.33. The van der Waals surface area contributed by atoms with Crippen LogP contribution < -0.4 is 5.73 Å². The average Bonchev–Trinajstić information content (AvgIpc) is 3.13. The lowest BCUT2D eigenvalue weighted by molar-refractivity contribution is 0.214. The first-order valence-electron chi connectivity index (χ1n) is 9.05. The van der Waals surface area contributed by atoms with Crippen molar-refractivity contribution in [3.8, 4) is 0 Å². The number of nitrogens with zero attached hydrogens (tertiary/aromatic N) is 2. The van der Waals surface area contributed by atoms with Gasteiger partial charge in [-0.15, -0.1) is 0 Å². The molecule has 0 spiro atoms. The fourth-order valence-corrected chi connectivity index (χ4v) is 4.34. The molecule has 118 valence electrons. The van der Waals surface area contributed by atoms with Crippen LogP contribution in [0.1, 0.15) is 82.4 Å². The van der Waals surface area contributed by atoms with E-state index in [2.05, 4.69) is 16.9 Å². The van der Waals surface area contributed by atoms with Crippen LogP contribution in [0.5, 0.6) is 0 Å². The predicted octanol–water partition coefficient (Wildman–Crippen LogP) is 4.23. The maximum atomic E-state index is 6.20. The Morgan fingerprint density at radius 2 is 1.71 bits per heavy atom. The molecule has 2 fully saturated rings. The number of hydrogen-bond acceptors (Lipinski definition) is 2. The molecule has 21 heavy (non-hydrogen) atoms. The molecule has 3 heteroatoms. The second-order valence-corrected chi connectivity index (χ2v) is 7.37. The SMILES string of the molecule is NCC1(Cc2ccn(C3CCCC3)n2)CCCCCCC1. The van der Waals surface area contributed by atoms with Gasteiger partial charge in [0.15, 0.2) is 0 Å². The van der Waals surface area contributed by atoms with Crippen LogP contribution >= 0.6 is 0 Å².